The molecule has 7 heteroatoms. The minimum absolute atomic E-state index is 0.0326. The molecule has 0 spiro atoms. The van der Waals surface area contributed by atoms with E-state index in [1.165, 1.54) is 18.9 Å². The number of piperidine rings is 1. The van der Waals surface area contributed by atoms with Crippen LogP contribution in [0, 0.1) is 0 Å². The van der Waals surface area contributed by atoms with Gasteiger partial charge in [0.2, 0.25) is 5.91 Å². The number of rotatable bonds is 5. The van der Waals surface area contributed by atoms with Gasteiger partial charge in [-0.1, -0.05) is 23.9 Å². The summed E-state index contributed by atoms with van der Waals surface area (Å²) in [5.41, 5.74) is 2.01. The summed E-state index contributed by atoms with van der Waals surface area (Å²) in [4.78, 5) is 30.9. The molecule has 1 amide bonds. The van der Waals surface area contributed by atoms with Crippen molar-refractivity contribution in [1.82, 2.24) is 14.5 Å². The maximum atomic E-state index is 12.7. The van der Waals surface area contributed by atoms with Crippen LogP contribution in [-0.4, -0.2) is 51.8 Å². The first-order valence-electron chi connectivity index (χ1n) is 8.61. The lowest BCUT2D eigenvalue weighted by atomic mass is 10.0. The normalized spacial score (nSPS) is 17.7. The number of fused-ring (bicyclic) bond motifs is 1. The molecule has 3 rings (SSSR count). The Bertz CT molecular complexity index is 774. The van der Waals surface area contributed by atoms with Crippen LogP contribution in [0.1, 0.15) is 26.2 Å². The average Bonchev–Trinajstić information content (AvgIpc) is 3.02. The number of esters is 1. The molecule has 1 aliphatic rings. The van der Waals surface area contributed by atoms with Crippen LogP contribution in [0.5, 0.6) is 0 Å². The minimum Gasteiger partial charge on any atom is -0.467 e. The van der Waals surface area contributed by atoms with Crippen molar-refractivity contribution in [2.24, 2.45) is 0 Å². The van der Waals surface area contributed by atoms with Crippen molar-refractivity contribution in [1.29, 1.82) is 0 Å². The molecule has 1 unspecified atom stereocenters. The lowest BCUT2D eigenvalue weighted by molar-refractivity contribution is -0.153. The molecule has 25 heavy (non-hydrogen) atoms. The Balaban J connectivity index is 1.72. The predicted octanol–water partition coefficient (Wildman–Crippen LogP) is 2.70. The first-order valence-corrected chi connectivity index (χ1v) is 9.59. The van der Waals surface area contributed by atoms with Gasteiger partial charge in [-0.25, -0.2) is 9.78 Å². The van der Waals surface area contributed by atoms with E-state index in [2.05, 4.69) is 16.5 Å². The van der Waals surface area contributed by atoms with Crippen molar-refractivity contribution in [2.45, 2.75) is 43.9 Å². The summed E-state index contributed by atoms with van der Waals surface area (Å²) in [6.07, 6.45) is 2.55. The maximum Gasteiger partial charge on any atom is 0.328 e. The van der Waals surface area contributed by atoms with Gasteiger partial charge < -0.3 is 14.2 Å². The van der Waals surface area contributed by atoms with Gasteiger partial charge >= 0.3 is 5.97 Å². The molecule has 1 fully saturated rings. The van der Waals surface area contributed by atoms with E-state index in [9.17, 15) is 9.59 Å². The standard InChI is InChI=1S/C18H23N3O3S/c1-3-20-14-9-5-4-8-13(14)19-18(20)25-12-16(22)21-11-7-6-10-15(21)17(23)24-2/h4-5,8-9,15H,3,6-7,10-12H2,1-2H3. The zero-order chi connectivity index (χ0) is 17.8. The minimum atomic E-state index is -0.447. The molecular formula is C18H23N3O3S. The molecule has 2 aromatic rings. The number of para-hydroxylation sites is 2. The van der Waals surface area contributed by atoms with Crippen molar-refractivity contribution < 1.29 is 14.3 Å². The van der Waals surface area contributed by atoms with Crippen LogP contribution in [0.2, 0.25) is 0 Å². The third-order valence-electron chi connectivity index (χ3n) is 4.56. The summed E-state index contributed by atoms with van der Waals surface area (Å²) < 4.78 is 6.97. The third kappa shape index (κ3) is 3.66. The molecule has 0 aliphatic carbocycles. The van der Waals surface area contributed by atoms with Gasteiger partial charge in [-0.05, 0) is 38.3 Å². The molecule has 2 heterocycles. The summed E-state index contributed by atoms with van der Waals surface area (Å²) >= 11 is 1.43. The Morgan fingerprint density at radius 1 is 1.32 bits per heavy atom. The lowest BCUT2D eigenvalue weighted by Gasteiger charge is -2.33. The van der Waals surface area contributed by atoms with E-state index in [-0.39, 0.29) is 17.6 Å². The third-order valence-corrected chi connectivity index (χ3v) is 5.52. The SMILES string of the molecule is CCn1c(SCC(=O)N2CCCCC2C(=O)OC)nc2ccccc21. The Kier molecular flexibility index (Phi) is 5.63. The van der Waals surface area contributed by atoms with Crippen molar-refractivity contribution >= 4 is 34.7 Å². The molecule has 0 N–H and O–H groups in total. The highest BCUT2D eigenvalue weighted by Crippen LogP contribution is 2.25. The predicted molar refractivity (Wildman–Crippen MR) is 97.5 cm³/mol. The number of likely N-dealkylation sites (tertiary alicyclic amines) is 1. The van der Waals surface area contributed by atoms with E-state index in [1.54, 1.807) is 4.90 Å². The molecule has 1 aromatic heterocycles. The van der Waals surface area contributed by atoms with Crippen LogP contribution in [0.25, 0.3) is 11.0 Å². The van der Waals surface area contributed by atoms with Crippen molar-refractivity contribution in [3.8, 4) is 0 Å². The summed E-state index contributed by atoms with van der Waals surface area (Å²) in [7, 11) is 1.37. The number of nitrogens with zero attached hydrogens (tertiary/aromatic N) is 3. The van der Waals surface area contributed by atoms with Gasteiger partial charge in [0, 0.05) is 13.1 Å². The number of carbonyl (C=O) groups is 2. The quantitative estimate of drug-likeness (QED) is 0.605. The van der Waals surface area contributed by atoms with Crippen molar-refractivity contribution in [3.63, 3.8) is 0 Å². The summed E-state index contributed by atoms with van der Waals surface area (Å²) in [5, 5.41) is 0.837. The summed E-state index contributed by atoms with van der Waals surface area (Å²) in [6.45, 7) is 3.48. The number of aromatic nitrogens is 2. The zero-order valence-electron chi connectivity index (χ0n) is 14.6. The molecule has 134 valence electrons. The van der Waals surface area contributed by atoms with E-state index < -0.39 is 6.04 Å². The second kappa shape index (κ2) is 7.91. The number of ether oxygens (including phenoxy) is 1. The fourth-order valence-electron chi connectivity index (χ4n) is 3.29. The Labute approximate surface area is 151 Å². The first-order chi connectivity index (χ1) is 12.2. The van der Waals surface area contributed by atoms with Crippen LogP contribution >= 0.6 is 11.8 Å². The highest BCUT2D eigenvalue weighted by atomic mass is 32.2. The van der Waals surface area contributed by atoms with Crippen LogP contribution in [0.4, 0.5) is 0 Å². The molecular weight excluding hydrogens is 338 g/mol. The number of thioether (sulfide) groups is 1. The number of hydrogen-bond acceptors (Lipinski definition) is 5. The molecule has 0 bridgehead atoms. The number of imidazole rings is 1. The number of carbonyl (C=O) groups excluding carboxylic acids is 2. The monoisotopic (exact) mass is 361 g/mol. The fourth-order valence-corrected chi connectivity index (χ4v) is 4.25. The maximum absolute atomic E-state index is 12.7. The van der Waals surface area contributed by atoms with E-state index in [1.807, 2.05) is 24.3 Å². The van der Waals surface area contributed by atoms with Crippen LogP contribution in [-0.2, 0) is 20.9 Å². The van der Waals surface area contributed by atoms with Crippen LogP contribution in [0.15, 0.2) is 29.4 Å². The van der Waals surface area contributed by atoms with E-state index in [4.69, 9.17) is 4.74 Å². The van der Waals surface area contributed by atoms with Gasteiger partial charge in [0.1, 0.15) is 6.04 Å². The Hall–Kier alpha value is -2.02. The highest BCUT2D eigenvalue weighted by molar-refractivity contribution is 7.99. The smallest absolute Gasteiger partial charge is 0.328 e. The summed E-state index contributed by atoms with van der Waals surface area (Å²) in [5.74, 6) is -0.0785. The van der Waals surface area contributed by atoms with Crippen LogP contribution < -0.4 is 0 Å². The largest absolute Gasteiger partial charge is 0.467 e. The number of hydrogen-bond donors (Lipinski definition) is 0. The second-order valence-electron chi connectivity index (χ2n) is 6.04. The highest BCUT2D eigenvalue weighted by Gasteiger charge is 2.32. The molecule has 0 saturated carbocycles. The van der Waals surface area contributed by atoms with Crippen molar-refractivity contribution in [3.05, 3.63) is 24.3 Å². The first kappa shape index (κ1) is 17.8. The van der Waals surface area contributed by atoms with Gasteiger partial charge in [-0.15, -0.1) is 0 Å². The number of methoxy groups -OCH3 is 1. The van der Waals surface area contributed by atoms with Gasteiger partial charge in [0.15, 0.2) is 5.16 Å². The second-order valence-corrected chi connectivity index (χ2v) is 6.98. The van der Waals surface area contributed by atoms with E-state index in [0.717, 1.165) is 35.6 Å². The topological polar surface area (TPSA) is 64.4 Å². The number of benzene rings is 1. The number of aryl methyl sites for hydroxylation is 1. The van der Waals surface area contributed by atoms with Gasteiger partial charge in [0.25, 0.3) is 0 Å². The van der Waals surface area contributed by atoms with E-state index in [0.29, 0.717) is 13.0 Å². The molecule has 0 radical (unpaired) electrons. The molecule has 1 aromatic carbocycles. The van der Waals surface area contributed by atoms with Crippen LogP contribution in [0.3, 0.4) is 0 Å². The lowest BCUT2D eigenvalue weighted by Crippen LogP contribution is -2.49. The Morgan fingerprint density at radius 2 is 2.12 bits per heavy atom. The average molecular weight is 361 g/mol. The zero-order valence-corrected chi connectivity index (χ0v) is 15.4. The van der Waals surface area contributed by atoms with Gasteiger partial charge in [-0.3, -0.25) is 4.79 Å². The molecule has 1 aliphatic heterocycles. The van der Waals surface area contributed by atoms with Crippen molar-refractivity contribution in [2.75, 3.05) is 19.4 Å². The summed E-state index contributed by atoms with van der Waals surface area (Å²) in [6, 6.07) is 7.52. The van der Waals surface area contributed by atoms with Gasteiger partial charge in [-0.2, -0.15) is 0 Å². The van der Waals surface area contributed by atoms with Gasteiger partial charge in [0.05, 0.1) is 23.9 Å². The Morgan fingerprint density at radius 3 is 2.88 bits per heavy atom. The molecule has 6 nitrogen and oxygen atoms in total. The molecule has 1 saturated heterocycles. The van der Waals surface area contributed by atoms with E-state index >= 15 is 0 Å². The fraction of sp³-hybridized carbons (Fsp3) is 0.500. The number of amides is 1. The molecule has 1 atom stereocenters.